The van der Waals surface area contributed by atoms with Crippen molar-refractivity contribution in [3.63, 3.8) is 0 Å². The zero-order valence-electron chi connectivity index (χ0n) is 13.9. The third-order valence-electron chi connectivity index (χ3n) is 4.44. The van der Waals surface area contributed by atoms with Crippen molar-refractivity contribution in [1.29, 1.82) is 0 Å². The van der Waals surface area contributed by atoms with Gasteiger partial charge < -0.3 is 14.6 Å². The van der Waals surface area contributed by atoms with Gasteiger partial charge in [-0.25, -0.2) is 4.98 Å². The molecule has 1 atom stereocenters. The van der Waals surface area contributed by atoms with Crippen LogP contribution in [0.1, 0.15) is 33.1 Å². The lowest BCUT2D eigenvalue weighted by Gasteiger charge is -2.34. The van der Waals surface area contributed by atoms with E-state index in [1.165, 1.54) is 0 Å². The normalized spacial score (nSPS) is 19.3. The lowest BCUT2D eigenvalue weighted by molar-refractivity contribution is -0.137. The van der Waals surface area contributed by atoms with Crippen molar-refractivity contribution < 1.29 is 9.90 Å². The van der Waals surface area contributed by atoms with Crippen LogP contribution in [0.25, 0.3) is 11.0 Å². The van der Waals surface area contributed by atoms with E-state index >= 15 is 0 Å². The number of rotatable bonds is 4. The zero-order chi connectivity index (χ0) is 16.4. The summed E-state index contributed by atoms with van der Waals surface area (Å²) in [5, 5.41) is 9.85. The minimum absolute atomic E-state index is 0.0534. The van der Waals surface area contributed by atoms with Crippen molar-refractivity contribution in [3.8, 4) is 0 Å². The predicted octanol–water partition coefficient (Wildman–Crippen LogP) is 2.44. The predicted molar refractivity (Wildman–Crippen MR) is 90.0 cm³/mol. The first-order chi connectivity index (χ1) is 10.9. The number of fused-ring (bicyclic) bond motifs is 1. The smallest absolute Gasteiger partial charge is 0.225 e. The van der Waals surface area contributed by atoms with Crippen molar-refractivity contribution in [3.05, 3.63) is 30.6 Å². The van der Waals surface area contributed by atoms with E-state index in [1.54, 1.807) is 13.8 Å². The van der Waals surface area contributed by atoms with Crippen LogP contribution in [0.2, 0.25) is 0 Å². The third kappa shape index (κ3) is 3.91. The van der Waals surface area contributed by atoms with Gasteiger partial charge in [-0.3, -0.25) is 4.79 Å². The summed E-state index contributed by atoms with van der Waals surface area (Å²) in [6.45, 7) is 5.82. The van der Waals surface area contributed by atoms with Crippen LogP contribution in [0.15, 0.2) is 30.6 Å². The maximum absolute atomic E-state index is 12.3. The van der Waals surface area contributed by atoms with Crippen molar-refractivity contribution in [1.82, 2.24) is 14.5 Å². The highest BCUT2D eigenvalue weighted by atomic mass is 16.3. The first-order valence-electron chi connectivity index (χ1n) is 8.32. The molecule has 2 aromatic rings. The van der Waals surface area contributed by atoms with E-state index in [1.807, 2.05) is 29.4 Å². The van der Waals surface area contributed by atoms with Crippen LogP contribution in [0, 0.1) is 5.92 Å². The number of hydrogen-bond donors (Lipinski definition) is 1. The van der Waals surface area contributed by atoms with Gasteiger partial charge in [0.25, 0.3) is 0 Å². The van der Waals surface area contributed by atoms with Crippen molar-refractivity contribution in [2.45, 2.75) is 45.3 Å². The monoisotopic (exact) mass is 315 g/mol. The number of aliphatic hydroxyl groups is 1. The molecule has 0 bridgehead atoms. The summed E-state index contributed by atoms with van der Waals surface area (Å²) in [6.07, 6.45) is 4.23. The Hall–Kier alpha value is -1.88. The fourth-order valence-corrected chi connectivity index (χ4v) is 3.36. The van der Waals surface area contributed by atoms with Crippen LogP contribution in [0.4, 0.5) is 0 Å². The lowest BCUT2D eigenvalue weighted by atomic mass is 9.96. The van der Waals surface area contributed by atoms with Crippen molar-refractivity contribution in [2.75, 3.05) is 13.1 Å². The SMILES string of the molecule is CC(C)(O)CC(=O)N1CCCC(Cn2cnc3ccccc32)C1. The fourth-order valence-electron chi connectivity index (χ4n) is 3.36. The van der Waals surface area contributed by atoms with Crippen LogP contribution < -0.4 is 0 Å². The second kappa shape index (κ2) is 6.32. The molecule has 1 N–H and O–H groups in total. The molecule has 0 spiro atoms. The molecule has 1 aliphatic heterocycles. The van der Waals surface area contributed by atoms with E-state index in [9.17, 15) is 9.90 Å². The van der Waals surface area contributed by atoms with Crippen LogP contribution in [0.3, 0.4) is 0 Å². The largest absolute Gasteiger partial charge is 0.390 e. The van der Waals surface area contributed by atoms with Gasteiger partial charge in [-0.1, -0.05) is 12.1 Å². The molecule has 1 aromatic heterocycles. The molecule has 3 rings (SSSR count). The number of imidazole rings is 1. The molecule has 23 heavy (non-hydrogen) atoms. The van der Waals surface area contributed by atoms with Crippen molar-refractivity contribution >= 4 is 16.9 Å². The summed E-state index contributed by atoms with van der Waals surface area (Å²) in [5.41, 5.74) is 1.22. The molecule has 1 unspecified atom stereocenters. The topological polar surface area (TPSA) is 58.4 Å². The van der Waals surface area contributed by atoms with Gasteiger partial charge in [-0.15, -0.1) is 0 Å². The summed E-state index contributed by atoms with van der Waals surface area (Å²) in [6, 6.07) is 8.13. The number of aromatic nitrogens is 2. The van der Waals surface area contributed by atoms with E-state index in [4.69, 9.17) is 0 Å². The number of amides is 1. The molecule has 124 valence electrons. The van der Waals surface area contributed by atoms with Gasteiger partial charge in [0.2, 0.25) is 5.91 Å². The van der Waals surface area contributed by atoms with Gasteiger partial charge in [-0.05, 0) is 44.7 Å². The average molecular weight is 315 g/mol. The van der Waals surface area contributed by atoms with Gasteiger partial charge in [-0.2, -0.15) is 0 Å². The van der Waals surface area contributed by atoms with Gasteiger partial charge in [0, 0.05) is 19.6 Å². The zero-order valence-corrected chi connectivity index (χ0v) is 13.9. The van der Waals surface area contributed by atoms with Crippen LogP contribution in [0.5, 0.6) is 0 Å². The summed E-state index contributed by atoms with van der Waals surface area (Å²) in [5.74, 6) is 0.491. The standard InChI is InChI=1S/C18H25N3O2/c1-18(2,23)10-17(22)20-9-5-6-14(11-20)12-21-13-19-15-7-3-4-8-16(15)21/h3-4,7-8,13-14,23H,5-6,9-12H2,1-2H3. The second-order valence-corrected chi connectivity index (χ2v) is 7.22. The van der Waals surface area contributed by atoms with Crippen LogP contribution in [-0.2, 0) is 11.3 Å². The Balaban J connectivity index is 1.66. The highest BCUT2D eigenvalue weighted by Crippen LogP contribution is 2.22. The summed E-state index contributed by atoms with van der Waals surface area (Å²) < 4.78 is 2.18. The minimum atomic E-state index is -0.940. The first kappa shape index (κ1) is 16.0. The Morgan fingerprint density at radius 1 is 1.39 bits per heavy atom. The summed E-state index contributed by atoms with van der Waals surface area (Å²) >= 11 is 0. The molecule has 5 nitrogen and oxygen atoms in total. The summed E-state index contributed by atoms with van der Waals surface area (Å²) in [7, 11) is 0. The van der Waals surface area contributed by atoms with E-state index in [0.717, 1.165) is 43.5 Å². The molecule has 0 radical (unpaired) electrons. The van der Waals surface area contributed by atoms with Gasteiger partial charge in [0.1, 0.15) is 0 Å². The number of hydrogen-bond acceptors (Lipinski definition) is 3. The molecule has 0 aliphatic carbocycles. The number of nitrogens with zero attached hydrogens (tertiary/aromatic N) is 3. The maximum Gasteiger partial charge on any atom is 0.225 e. The van der Waals surface area contributed by atoms with Crippen LogP contribution in [-0.4, -0.2) is 44.2 Å². The average Bonchev–Trinajstić information content (AvgIpc) is 2.89. The van der Waals surface area contributed by atoms with E-state index in [2.05, 4.69) is 15.6 Å². The van der Waals surface area contributed by atoms with Crippen LogP contribution >= 0.6 is 0 Å². The maximum atomic E-state index is 12.3. The Morgan fingerprint density at radius 3 is 2.96 bits per heavy atom. The highest BCUT2D eigenvalue weighted by molar-refractivity contribution is 5.77. The number of piperidine rings is 1. The quantitative estimate of drug-likeness (QED) is 0.943. The molecule has 5 heteroatoms. The number of benzene rings is 1. The fraction of sp³-hybridized carbons (Fsp3) is 0.556. The van der Waals surface area contributed by atoms with E-state index < -0.39 is 5.60 Å². The molecule has 1 aliphatic rings. The Bertz CT molecular complexity index is 687. The molecular weight excluding hydrogens is 290 g/mol. The molecule has 2 heterocycles. The van der Waals surface area contributed by atoms with Gasteiger partial charge >= 0.3 is 0 Å². The number of likely N-dealkylation sites (tertiary alicyclic amines) is 1. The van der Waals surface area contributed by atoms with Gasteiger partial charge in [0.15, 0.2) is 0 Å². The number of carbonyl (C=O) groups is 1. The van der Waals surface area contributed by atoms with E-state index in [-0.39, 0.29) is 12.3 Å². The molecule has 0 saturated carbocycles. The Labute approximate surface area is 136 Å². The molecular formula is C18H25N3O2. The molecule has 1 saturated heterocycles. The number of para-hydroxylation sites is 2. The van der Waals surface area contributed by atoms with Crippen molar-refractivity contribution in [2.24, 2.45) is 5.92 Å². The molecule has 1 amide bonds. The Kier molecular flexibility index (Phi) is 4.39. The lowest BCUT2D eigenvalue weighted by Crippen LogP contribution is -2.43. The Morgan fingerprint density at radius 2 is 2.17 bits per heavy atom. The molecule has 1 aromatic carbocycles. The van der Waals surface area contributed by atoms with Gasteiger partial charge in [0.05, 0.1) is 29.4 Å². The second-order valence-electron chi connectivity index (χ2n) is 7.22. The summed E-state index contributed by atoms with van der Waals surface area (Å²) in [4.78, 5) is 18.7. The minimum Gasteiger partial charge on any atom is -0.390 e. The third-order valence-corrected chi connectivity index (χ3v) is 4.44. The highest BCUT2D eigenvalue weighted by Gasteiger charge is 2.27. The van der Waals surface area contributed by atoms with E-state index in [0.29, 0.717) is 5.92 Å². The molecule has 1 fully saturated rings. The first-order valence-corrected chi connectivity index (χ1v) is 8.32. The number of carbonyl (C=O) groups excluding carboxylic acids is 1.